The number of fused-ring (bicyclic) bond motifs is 1. The van der Waals surface area contributed by atoms with E-state index in [2.05, 4.69) is 12.1 Å². The summed E-state index contributed by atoms with van der Waals surface area (Å²) in [6, 6.07) is 8.24. The lowest BCUT2D eigenvalue weighted by Gasteiger charge is -2.11. The van der Waals surface area contributed by atoms with E-state index in [0.717, 1.165) is 17.9 Å². The molecule has 0 radical (unpaired) electrons. The van der Waals surface area contributed by atoms with Crippen molar-refractivity contribution in [2.24, 2.45) is 5.73 Å². The molecule has 1 heterocycles. The summed E-state index contributed by atoms with van der Waals surface area (Å²) >= 11 is 0. The summed E-state index contributed by atoms with van der Waals surface area (Å²) in [4.78, 5) is 0. The molecule has 2 aromatic rings. The van der Waals surface area contributed by atoms with Crippen LogP contribution in [0.4, 0.5) is 0 Å². The number of hydrogen-bond donors (Lipinski definition) is 1. The highest BCUT2D eigenvalue weighted by molar-refractivity contribution is 5.84. The second-order valence-electron chi connectivity index (χ2n) is 4.51. The molecule has 2 heteroatoms. The molecule has 3 rings (SSSR count). The van der Waals surface area contributed by atoms with Crippen LogP contribution in [0.3, 0.4) is 0 Å². The van der Waals surface area contributed by atoms with Crippen molar-refractivity contribution in [3.05, 3.63) is 35.6 Å². The molecule has 15 heavy (non-hydrogen) atoms. The van der Waals surface area contributed by atoms with E-state index in [0.29, 0.717) is 0 Å². The van der Waals surface area contributed by atoms with Crippen LogP contribution < -0.4 is 5.73 Å². The van der Waals surface area contributed by atoms with Gasteiger partial charge in [0, 0.05) is 22.9 Å². The smallest absolute Gasteiger partial charge is 0.134 e. The molecule has 1 aromatic carbocycles. The zero-order chi connectivity index (χ0) is 10.5. The quantitative estimate of drug-likeness (QED) is 0.811. The lowest BCUT2D eigenvalue weighted by Crippen LogP contribution is -2.20. The Morgan fingerprint density at radius 1 is 1.33 bits per heavy atom. The van der Waals surface area contributed by atoms with Gasteiger partial charge in [0.1, 0.15) is 11.3 Å². The molecule has 0 unspecified atom stereocenters. The van der Waals surface area contributed by atoms with E-state index in [-0.39, 0.29) is 5.41 Å². The minimum Gasteiger partial charge on any atom is -0.461 e. The number of rotatable bonds is 2. The molecule has 0 atom stereocenters. The molecule has 1 fully saturated rings. The highest BCUT2D eigenvalue weighted by Gasteiger charge is 2.46. The fourth-order valence-corrected chi connectivity index (χ4v) is 2.53. The third kappa shape index (κ3) is 1.15. The van der Waals surface area contributed by atoms with E-state index in [1.54, 1.807) is 0 Å². The molecule has 0 saturated heterocycles. The van der Waals surface area contributed by atoms with Gasteiger partial charge in [-0.1, -0.05) is 18.2 Å². The van der Waals surface area contributed by atoms with Crippen LogP contribution in [0.1, 0.15) is 24.2 Å². The predicted molar refractivity (Wildman–Crippen MR) is 60.9 cm³/mol. The molecular weight excluding hydrogens is 186 g/mol. The molecule has 2 nitrogen and oxygen atoms in total. The Bertz CT molecular complexity index is 508. The van der Waals surface area contributed by atoms with Crippen molar-refractivity contribution in [3.8, 4) is 0 Å². The molecule has 78 valence electrons. The standard InChI is InChI=1S/C13H15NO/c1-9-12(13(8-14)6-7-13)10-4-2-3-5-11(10)15-9/h2-5H,6-8,14H2,1H3. The highest BCUT2D eigenvalue weighted by atomic mass is 16.3. The second kappa shape index (κ2) is 2.86. The summed E-state index contributed by atoms with van der Waals surface area (Å²) < 4.78 is 5.77. The normalized spacial score (nSPS) is 18.3. The van der Waals surface area contributed by atoms with Crippen molar-refractivity contribution in [1.29, 1.82) is 0 Å². The first-order valence-corrected chi connectivity index (χ1v) is 5.45. The minimum atomic E-state index is 0.219. The summed E-state index contributed by atoms with van der Waals surface area (Å²) in [6.45, 7) is 2.78. The van der Waals surface area contributed by atoms with Crippen LogP contribution in [0.25, 0.3) is 11.0 Å². The number of benzene rings is 1. The maximum absolute atomic E-state index is 5.88. The van der Waals surface area contributed by atoms with Crippen molar-refractivity contribution in [1.82, 2.24) is 0 Å². The van der Waals surface area contributed by atoms with Crippen LogP contribution in [0.15, 0.2) is 28.7 Å². The number of hydrogen-bond acceptors (Lipinski definition) is 2. The summed E-state index contributed by atoms with van der Waals surface area (Å²) in [6.07, 6.45) is 2.40. The van der Waals surface area contributed by atoms with Crippen LogP contribution in [0.2, 0.25) is 0 Å². The van der Waals surface area contributed by atoms with E-state index in [1.165, 1.54) is 23.8 Å². The molecule has 0 bridgehead atoms. The number of nitrogens with two attached hydrogens (primary N) is 1. The summed E-state index contributed by atoms with van der Waals surface area (Å²) in [7, 11) is 0. The Labute approximate surface area is 89.1 Å². The van der Waals surface area contributed by atoms with Gasteiger partial charge in [-0.15, -0.1) is 0 Å². The molecule has 0 amide bonds. The lowest BCUT2D eigenvalue weighted by molar-refractivity contribution is 0.558. The van der Waals surface area contributed by atoms with Crippen LogP contribution in [0.5, 0.6) is 0 Å². The molecule has 2 N–H and O–H groups in total. The minimum absolute atomic E-state index is 0.219. The summed E-state index contributed by atoms with van der Waals surface area (Å²) in [5.74, 6) is 1.04. The summed E-state index contributed by atoms with van der Waals surface area (Å²) in [5, 5.41) is 1.25. The van der Waals surface area contributed by atoms with Gasteiger partial charge in [-0.05, 0) is 25.8 Å². The Morgan fingerprint density at radius 3 is 2.73 bits per heavy atom. The van der Waals surface area contributed by atoms with Crippen LogP contribution in [-0.2, 0) is 5.41 Å². The Hall–Kier alpha value is -1.28. The third-order valence-electron chi connectivity index (χ3n) is 3.55. The van der Waals surface area contributed by atoms with Gasteiger partial charge in [-0.2, -0.15) is 0 Å². The molecule has 1 saturated carbocycles. The Morgan fingerprint density at radius 2 is 2.07 bits per heavy atom. The number of aryl methyl sites for hydroxylation is 1. The fraction of sp³-hybridized carbons (Fsp3) is 0.385. The number of furan rings is 1. The van der Waals surface area contributed by atoms with Crippen molar-refractivity contribution in [2.45, 2.75) is 25.2 Å². The van der Waals surface area contributed by atoms with Gasteiger partial charge in [-0.3, -0.25) is 0 Å². The topological polar surface area (TPSA) is 39.2 Å². The van der Waals surface area contributed by atoms with E-state index >= 15 is 0 Å². The average Bonchev–Trinajstić information content (AvgIpc) is 2.95. The maximum Gasteiger partial charge on any atom is 0.134 e. The summed E-state index contributed by atoms with van der Waals surface area (Å²) in [5.41, 5.74) is 8.44. The first-order chi connectivity index (χ1) is 7.27. The average molecular weight is 201 g/mol. The van der Waals surface area contributed by atoms with Gasteiger partial charge in [0.05, 0.1) is 0 Å². The van der Waals surface area contributed by atoms with Gasteiger partial charge in [0.15, 0.2) is 0 Å². The van der Waals surface area contributed by atoms with Gasteiger partial charge >= 0.3 is 0 Å². The van der Waals surface area contributed by atoms with E-state index in [4.69, 9.17) is 10.2 Å². The Kier molecular flexibility index (Phi) is 1.71. The predicted octanol–water partition coefficient (Wildman–Crippen LogP) is 2.73. The molecule has 1 aromatic heterocycles. The van der Waals surface area contributed by atoms with E-state index in [1.807, 2.05) is 19.1 Å². The first-order valence-electron chi connectivity index (χ1n) is 5.45. The number of para-hydroxylation sites is 1. The van der Waals surface area contributed by atoms with Crippen molar-refractivity contribution in [2.75, 3.05) is 6.54 Å². The van der Waals surface area contributed by atoms with Crippen molar-refractivity contribution in [3.63, 3.8) is 0 Å². The van der Waals surface area contributed by atoms with Crippen LogP contribution in [0, 0.1) is 6.92 Å². The molecular formula is C13H15NO. The van der Waals surface area contributed by atoms with Crippen LogP contribution in [-0.4, -0.2) is 6.54 Å². The van der Waals surface area contributed by atoms with Crippen LogP contribution >= 0.6 is 0 Å². The SMILES string of the molecule is Cc1oc2ccccc2c1C1(CN)CC1. The molecule has 0 aliphatic heterocycles. The zero-order valence-electron chi connectivity index (χ0n) is 8.92. The monoisotopic (exact) mass is 201 g/mol. The largest absolute Gasteiger partial charge is 0.461 e. The van der Waals surface area contributed by atoms with E-state index < -0.39 is 0 Å². The van der Waals surface area contributed by atoms with E-state index in [9.17, 15) is 0 Å². The maximum atomic E-state index is 5.88. The molecule has 1 aliphatic rings. The third-order valence-corrected chi connectivity index (χ3v) is 3.55. The lowest BCUT2D eigenvalue weighted by atomic mass is 9.93. The van der Waals surface area contributed by atoms with Crippen molar-refractivity contribution >= 4 is 11.0 Å². The molecule has 0 spiro atoms. The Balaban J connectivity index is 2.29. The van der Waals surface area contributed by atoms with Gasteiger partial charge in [-0.25, -0.2) is 0 Å². The molecule has 1 aliphatic carbocycles. The zero-order valence-corrected chi connectivity index (χ0v) is 8.92. The van der Waals surface area contributed by atoms with Crippen molar-refractivity contribution < 1.29 is 4.42 Å². The van der Waals surface area contributed by atoms with Gasteiger partial charge < -0.3 is 10.2 Å². The fourth-order valence-electron chi connectivity index (χ4n) is 2.53. The highest BCUT2D eigenvalue weighted by Crippen LogP contribution is 2.51. The first kappa shape index (κ1) is 8.98. The van der Waals surface area contributed by atoms with Gasteiger partial charge in [0.25, 0.3) is 0 Å². The second-order valence-corrected chi connectivity index (χ2v) is 4.51. The van der Waals surface area contributed by atoms with Gasteiger partial charge in [0.2, 0.25) is 0 Å².